The van der Waals surface area contributed by atoms with Crippen LogP contribution < -0.4 is 5.32 Å². The summed E-state index contributed by atoms with van der Waals surface area (Å²) in [6.07, 6.45) is 0. The van der Waals surface area contributed by atoms with Gasteiger partial charge in [-0.25, -0.2) is 0 Å². The van der Waals surface area contributed by atoms with Gasteiger partial charge in [-0.2, -0.15) is 5.10 Å². The van der Waals surface area contributed by atoms with Crippen molar-refractivity contribution in [1.82, 2.24) is 10.2 Å². The van der Waals surface area contributed by atoms with Crippen LogP contribution in [0.5, 0.6) is 0 Å². The lowest BCUT2D eigenvalue weighted by molar-refractivity contribution is 0.103. The zero-order chi connectivity index (χ0) is 10.8. The number of thiophene rings is 1. The number of halogens is 1. The van der Waals surface area contributed by atoms with E-state index in [1.54, 1.807) is 17.5 Å². The summed E-state index contributed by atoms with van der Waals surface area (Å²) < 4.78 is 0. The predicted octanol–water partition coefficient (Wildman–Crippen LogP) is 2.69. The van der Waals surface area contributed by atoms with Gasteiger partial charge in [-0.1, -0.05) is 11.6 Å². The quantitative estimate of drug-likeness (QED) is 0.849. The third-order valence-corrected chi connectivity index (χ3v) is 3.11. The second-order valence-corrected chi connectivity index (χ2v) is 4.31. The number of hydrogen-bond acceptors (Lipinski definition) is 3. The number of H-pyrrole nitrogens is 1. The van der Waals surface area contributed by atoms with Crippen LogP contribution in [0.1, 0.15) is 15.4 Å². The minimum absolute atomic E-state index is 0.235. The van der Waals surface area contributed by atoms with Gasteiger partial charge in [0, 0.05) is 11.8 Å². The van der Waals surface area contributed by atoms with Crippen molar-refractivity contribution in [3.05, 3.63) is 33.1 Å². The van der Waals surface area contributed by atoms with Crippen LogP contribution in [0.2, 0.25) is 5.02 Å². The number of hydrogen-bond donors (Lipinski definition) is 2. The van der Waals surface area contributed by atoms with E-state index in [2.05, 4.69) is 15.5 Å². The van der Waals surface area contributed by atoms with E-state index in [0.29, 0.717) is 15.7 Å². The van der Waals surface area contributed by atoms with Crippen molar-refractivity contribution in [2.75, 3.05) is 5.32 Å². The lowest BCUT2D eigenvalue weighted by atomic mass is 10.4. The van der Waals surface area contributed by atoms with Crippen LogP contribution in [0.15, 0.2) is 17.5 Å². The number of rotatable bonds is 2. The van der Waals surface area contributed by atoms with Gasteiger partial charge in [-0.05, 0) is 18.4 Å². The molecule has 2 aromatic heterocycles. The van der Waals surface area contributed by atoms with Crippen molar-refractivity contribution in [1.29, 1.82) is 0 Å². The Kier molecular flexibility index (Phi) is 2.75. The first-order chi connectivity index (χ1) is 7.16. The average Bonchev–Trinajstić information content (AvgIpc) is 2.75. The summed E-state index contributed by atoms with van der Waals surface area (Å²) in [5.74, 6) is 0.267. The highest BCUT2D eigenvalue weighted by molar-refractivity contribution is 7.12. The molecule has 0 saturated heterocycles. The van der Waals surface area contributed by atoms with Gasteiger partial charge in [0.1, 0.15) is 4.88 Å². The molecule has 4 nitrogen and oxygen atoms in total. The minimum atomic E-state index is -0.235. The molecule has 0 bridgehead atoms. The summed E-state index contributed by atoms with van der Waals surface area (Å²) in [4.78, 5) is 12.2. The molecule has 0 aliphatic carbocycles. The molecule has 2 aromatic rings. The second-order valence-electron chi connectivity index (χ2n) is 2.99. The van der Waals surface area contributed by atoms with Gasteiger partial charge in [0.2, 0.25) is 0 Å². The van der Waals surface area contributed by atoms with E-state index in [9.17, 15) is 4.79 Å². The van der Waals surface area contributed by atoms with Crippen molar-refractivity contribution >= 4 is 34.7 Å². The summed E-state index contributed by atoms with van der Waals surface area (Å²) in [5.41, 5.74) is 0.891. The number of aryl methyl sites for hydroxylation is 1. The van der Waals surface area contributed by atoms with E-state index >= 15 is 0 Å². The molecule has 0 atom stereocenters. The van der Waals surface area contributed by atoms with Gasteiger partial charge in [-0.15, -0.1) is 11.3 Å². The van der Waals surface area contributed by atoms with E-state index in [1.165, 1.54) is 11.3 Å². The number of carbonyl (C=O) groups excluding carboxylic acids is 1. The maximum atomic E-state index is 11.7. The van der Waals surface area contributed by atoms with Crippen LogP contribution in [0, 0.1) is 6.92 Å². The monoisotopic (exact) mass is 241 g/mol. The molecule has 0 aliphatic heterocycles. The minimum Gasteiger partial charge on any atom is -0.304 e. The number of carbonyl (C=O) groups is 1. The third-order valence-electron chi connectivity index (χ3n) is 1.77. The summed E-state index contributed by atoms with van der Waals surface area (Å²) in [6, 6.07) is 3.44. The lowest BCUT2D eigenvalue weighted by Gasteiger charge is -1.98. The normalized spacial score (nSPS) is 10.3. The molecular formula is C9H8ClN3OS. The van der Waals surface area contributed by atoms with Gasteiger partial charge in [0.05, 0.1) is 5.02 Å². The number of anilines is 1. The summed E-state index contributed by atoms with van der Waals surface area (Å²) >= 11 is 7.13. The fourth-order valence-corrected chi connectivity index (χ4v) is 2.15. The van der Waals surface area contributed by atoms with Crippen molar-refractivity contribution in [3.8, 4) is 0 Å². The molecule has 15 heavy (non-hydrogen) atoms. The van der Waals surface area contributed by atoms with E-state index in [1.807, 2.05) is 6.92 Å². The van der Waals surface area contributed by atoms with E-state index in [4.69, 9.17) is 11.6 Å². The van der Waals surface area contributed by atoms with Crippen LogP contribution in [0.25, 0.3) is 0 Å². The number of nitrogens with one attached hydrogen (secondary N) is 2. The van der Waals surface area contributed by atoms with Crippen molar-refractivity contribution in [3.63, 3.8) is 0 Å². The Morgan fingerprint density at radius 1 is 1.67 bits per heavy atom. The van der Waals surface area contributed by atoms with Crippen molar-refractivity contribution in [2.45, 2.75) is 6.92 Å². The highest BCUT2D eigenvalue weighted by Gasteiger charge is 2.12. The molecule has 0 unspecified atom stereocenters. The summed E-state index contributed by atoms with van der Waals surface area (Å²) in [7, 11) is 0. The zero-order valence-corrected chi connectivity index (χ0v) is 9.45. The standard InChI is InChI=1S/C9H8ClN3OS/c1-5-4-7(13-12-5)11-9(14)8-6(10)2-3-15-8/h2-4H,1H3,(H2,11,12,13,14). The van der Waals surface area contributed by atoms with Crippen molar-refractivity contribution < 1.29 is 4.79 Å². The molecule has 0 radical (unpaired) electrons. The van der Waals surface area contributed by atoms with Gasteiger partial charge < -0.3 is 5.32 Å². The molecule has 2 N–H and O–H groups in total. The number of nitrogens with zero attached hydrogens (tertiary/aromatic N) is 1. The molecule has 0 fully saturated rings. The molecule has 0 aromatic carbocycles. The summed E-state index contributed by atoms with van der Waals surface area (Å²) in [5, 5.41) is 11.5. The third kappa shape index (κ3) is 2.19. The van der Waals surface area contributed by atoms with Crippen LogP contribution in [0.4, 0.5) is 5.82 Å². The molecule has 0 aliphatic rings. The Balaban J connectivity index is 2.14. The Bertz CT molecular complexity index is 491. The topological polar surface area (TPSA) is 57.8 Å². The molecule has 2 heterocycles. The smallest absolute Gasteiger partial charge is 0.268 e. The predicted molar refractivity (Wildman–Crippen MR) is 60.6 cm³/mol. The van der Waals surface area contributed by atoms with E-state index in [-0.39, 0.29) is 5.91 Å². The first kappa shape index (κ1) is 10.2. The van der Waals surface area contributed by atoms with Crippen LogP contribution >= 0.6 is 22.9 Å². The van der Waals surface area contributed by atoms with E-state index < -0.39 is 0 Å². The number of amides is 1. The Labute approximate surface area is 95.3 Å². The second kappa shape index (κ2) is 4.04. The van der Waals surface area contributed by atoms with Gasteiger partial charge >= 0.3 is 0 Å². The fourth-order valence-electron chi connectivity index (χ4n) is 1.11. The first-order valence-corrected chi connectivity index (χ1v) is 5.49. The van der Waals surface area contributed by atoms with Gasteiger partial charge in [0.25, 0.3) is 5.91 Å². The van der Waals surface area contributed by atoms with Crippen LogP contribution in [-0.2, 0) is 0 Å². The maximum Gasteiger partial charge on any atom is 0.268 e. The zero-order valence-electron chi connectivity index (χ0n) is 7.87. The molecule has 78 valence electrons. The molecule has 2 rings (SSSR count). The van der Waals surface area contributed by atoms with E-state index in [0.717, 1.165) is 5.69 Å². The Morgan fingerprint density at radius 3 is 3.00 bits per heavy atom. The number of aromatic nitrogens is 2. The molecule has 6 heteroatoms. The highest BCUT2D eigenvalue weighted by Crippen LogP contribution is 2.22. The summed E-state index contributed by atoms with van der Waals surface area (Å²) in [6.45, 7) is 1.86. The average molecular weight is 242 g/mol. The SMILES string of the molecule is Cc1cc(NC(=O)c2sccc2Cl)n[nH]1. The van der Waals surface area contributed by atoms with Gasteiger partial charge in [-0.3, -0.25) is 9.89 Å². The largest absolute Gasteiger partial charge is 0.304 e. The Morgan fingerprint density at radius 2 is 2.47 bits per heavy atom. The maximum absolute atomic E-state index is 11.7. The van der Waals surface area contributed by atoms with Crippen molar-refractivity contribution in [2.24, 2.45) is 0 Å². The van der Waals surface area contributed by atoms with Gasteiger partial charge in [0.15, 0.2) is 5.82 Å². The highest BCUT2D eigenvalue weighted by atomic mass is 35.5. The Hall–Kier alpha value is -1.33. The van der Waals surface area contributed by atoms with Crippen LogP contribution in [-0.4, -0.2) is 16.1 Å². The molecule has 1 amide bonds. The molecular weight excluding hydrogens is 234 g/mol. The lowest BCUT2D eigenvalue weighted by Crippen LogP contribution is -2.10. The first-order valence-electron chi connectivity index (χ1n) is 4.23. The molecule has 0 spiro atoms. The fraction of sp³-hybridized carbons (Fsp3) is 0.111. The molecule has 0 saturated carbocycles. The van der Waals surface area contributed by atoms with Crippen LogP contribution in [0.3, 0.4) is 0 Å². The number of aromatic amines is 1.